The van der Waals surface area contributed by atoms with E-state index >= 15 is 0 Å². The van der Waals surface area contributed by atoms with Gasteiger partial charge in [0.05, 0.1) is 4.88 Å². The second kappa shape index (κ2) is 13.1. The van der Waals surface area contributed by atoms with Crippen molar-refractivity contribution in [1.29, 1.82) is 0 Å². The summed E-state index contributed by atoms with van der Waals surface area (Å²) in [6.07, 6.45) is 8.80. The maximum absolute atomic E-state index is 5.29. The molecule has 188 valence electrons. The van der Waals surface area contributed by atoms with E-state index in [0.717, 1.165) is 11.3 Å². The van der Waals surface area contributed by atoms with Crippen LogP contribution in [0.15, 0.2) is 36.4 Å². The molecule has 34 heavy (non-hydrogen) atoms. The van der Waals surface area contributed by atoms with Crippen molar-refractivity contribution in [3.05, 3.63) is 65.7 Å². The van der Waals surface area contributed by atoms with Crippen molar-refractivity contribution in [1.82, 2.24) is 0 Å². The van der Waals surface area contributed by atoms with Gasteiger partial charge in [-0.1, -0.05) is 68.2 Å². The van der Waals surface area contributed by atoms with Crippen molar-refractivity contribution >= 4 is 34.0 Å². The monoisotopic (exact) mass is 514 g/mol. The van der Waals surface area contributed by atoms with Gasteiger partial charge in [0.25, 0.3) is 0 Å². The summed E-state index contributed by atoms with van der Waals surface area (Å²) in [5.74, 6) is 2.65. The fourth-order valence-corrected chi connectivity index (χ4v) is 6.78. The average molecular weight is 515 g/mol. The summed E-state index contributed by atoms with van der Waals surface area (Å²) < 4.78 is 0. The van der Waals surface area contributed by atoms with Gasteiger partial charge in [-0.25, -0.2) is 0 Å². The zero-order valence-electron chi connectivity index (χ0n) is 23.4. The van der Waals surface area contributed by atoms with Gasteiger partial charge in [-0.3, -0.25) is 0 Å². The maximum Gasteiger partial charge on any atom is 0.0768 e. The molecule has 3 aromatic heterocycles. The van der Waals surface area contributed by atoms with Crippen molar-refractivity contribution in [3.63, 3.8) is 0 Å². The van der Waals surface area contributed by atoms with E-state index in [0.29, 0.717) is 16.2 Å². The highest BCUT2D eigenvalue weighted by Gasteiger charge is 2.13. The molecule has 0 atom stereocenters. The number of thiophene rings is 3. The van der Waals surface area contributed by atoms with Gasteiger partial charge in [-0.05, 0) is 85.8 Å². The molecule has 0 aromatic carbocycles. The van der Waals surface area contributed by atoms with Crippen LogP contribution in [-0.2, 0) is 19.3 Å². The largest absolute Gasteiger partial charge is 0.146 e. The maximum atomic E-state index is 5.29. The predicted octanol–water partition coefficient (Wildman–Crippen LogP) is 10.6. The number of hydrogen-bond donors (Lipinski definition) is 0. The summed E-state index contributed by atoms with van der Waals surface area (Å²) >= 11 is 5.55. The van der Waals surface area contributed by atoms with Crippen LogP contribution >= 0.6 is 34.0 Å². The SMILES string of the molecule is C#Cc1ccc(CC(C)(C)C)s1.Cc1ccc(CC(C)(C)C)s1.Cc1ccc(CC(C)(C)C)s1. The fraction of sp³-hybridized carbons (Fsp3) is 0.548. The molecule has 0 bridgehead atoms. The molecular weight excluding hydrogens is 469 g/mol. The van der Waals surface area contributed by atoms with Crippen LogP contribution in [0.1, 0.15) is 91.6 Å². The highest BCUT2D eigenvalue weighted by Crippen LogP contribution is 2.27. The van der Waals surface area contributed by atoms with Gasteiger partial charge in [0, 0.05) is 24.4 Å². The Morgan fingerprint density at radius 2 is 0.882 bits per heavy atom. The number of rotatable bonds is 3. The Morgan fingerprint density at radius 1 is 0.559 bits per heavy atom. The van der Waals surface area contributed by atoms with Gasteiger partial charge < -0.3 is 0 Å². The van der Waals surface area contributed by atoms with E-state index in [2.05, 4.69) is 112 Å². The van der Waals surface area contributed by atoms with Crippen LogP contribution < -0.4 is 0 Å². The summed E-state index contributed by atoms with van der Waals surface area (Å²) in [7, 11) is 0. The van der Waals surface area contributed by atoms with Gasteiger partial charge in [-0.2, -0.15) is 0 Å². The Hall–Kier alpha value is -1.34. The van der Waals surface area contributed by atoms with E-state index in [1.54, 1.807) is 11.3 Å². The molecule has 3 rings (SSSR count). The summed E-state index contributed by atoms with van der Waals surface area (Å²) in [6, 6.07) is 13.0. The highest BCUT2D eigenvalue weighted by atomic mass is 32.1. The molecule has 3 heterocycles. The molecule has 3 aromatic rings. The number of hydrogen-bond acceptors (Lipinski definition) is 3. The fourth-order valence-electron chi connectivity index (χ4n) is 3.28. The van der Waals surface area contributed by atoms with Crippen molar-refractivity contribution in [2.75, 3.05) is 0 Å². The molecule has 0 saturated carbocycles. The summed E-state index contributed by atoms with van der Waals surface area (Å²) in [6.45, 7) is 24.7. The lowest BCUT2D eigenvalue weighted by atomic mass is 9.92. The van der Waals surface area contributed by atoms with E-state index in [-0.39, 0.29) is 0 Å². The zero-order valence-corrected chi connectivity index (χ0v) is 25.8. The highest BCUT2D eigenvalue weighted by molar-refractivity contribution is 7.12. The van der Waals surface area contributed by atoms with Crippen LogP contribution in [-0.4, -0.2) is 0 Å². The first kappa shape index (κ1) is 30.7. The van der Waals surface area contributed by atoms with Gasteiger partial charge in [0.15, 0.2) is 0 Å². The van der Waals surface area contributed by atoms with Crippen LogP contribution in [0, 0.1) is 42.4 Å². The van der Waals surface area contributed by atoms with Gasteiger partial charge in [0.2, 0.25) is 0 Å². The minimum Gasteiger partial charge on any atom is -0.146 e. The zero-order chi connectivity index (χ0) is 26.2. The quantitative estimate of drug-likeness (QED) is 0.305. The summed E-state index contributed by atoms with van der Waals surface area (Å²) in [5, 5.41) is 0. The minimum absolute atomic E-state index is 0.358. The van der Waals surface area contributed by atoms with Crippen molar-refractivity contribution in [2.45, 2.75) is 95.4 Å². The molecule has 0 unspecified atom stereocenters. The first-order valence-electron chi connectivity index (χ1n) is 12.1. The van der Waals surface area contributed by atoms with Crippen molar-refractivity contribution < 1.29 is 0 Å². The lowest BCUT2D eigenvalue weighted by molar-refractivity contribution is 0.414. The molecule has 0 saturated heterocycles. The van der Waals surface area contributed by atoms with Gasteiger partial charge in [0.1, 0.15) is 0 Å². The third-order valence-electron chi connectivity index (χ3n) is 4.51. The molecule has 0 fully saturated rings. The molecular formula is C31H46S3. The second-order valence-electron chi connectivity index (χ2n) is 12.6. The third kappa shape index (κ3) is 14.8. The van der Waals surface area contributed by atoms with Gasteiger partial charge in [-0.15, -0.1) is 40.4 Å². The topological polar surface area (TPSA) is 0 Å². The lowest BCUT2D eigenvalue weighted by Crippen LogP contribution is -2.07. The molecule has 0 aliphatic heterocycles. The minimum atomic E-state index is 0.358. The van der Waals surface area contributed by atoms with Crippen molar-refractivity contribution in [2.24, 2.45) is 16.2 Å². The molecule has 0 radical (unpaired) electrons. The predicted molar refractivity (Wildman–Crippen MR) is 160 cm³/mol. The van der Waals surface area contributed by atoms with Crippen LogP contribution in [0.2, 0.25) is 0 Å². The average Bonchev–Trinajstić information content (AvgIpc) is 3.34. The van der Waals surface area contributed by atoms with Gasteiger partial charge >= 0.3 is 0 Å². The summed E-state index contributed by atoms with van der Waals surface area (Å²) in [5.41, 5.74) is 1.21. The molecule has 0 aliphatic carbocycles. The van der Waals surface area contributed by atoms with E-state index < -0.39 is 0 Å². The smallest absolute Gasteiger partial charge is 0.0768 e. The van der Waals surface area contributed by atoms with E-state index in [1.807, 2.05) is 28.7 Å². The first-order valence-corrected chi connectivity index (χ1v) is 14.6. The van der Waals surface area contributed by atoms with E-state index in [9.17, 15) is 0 Å². The van der Waals surface area contributed by atoms with E-state index in [1.165, 1.54) is 37.2 Å². The van der Waals surface area contributed by atoms with Crippen LogP contribution in [0.5, 0.6) is 0 Å². The Kier molecular flexibility index (Phi) is 11.8. The molecule has 0 N–H and O–H groups in total. The van der Waals surface area contributed by atoms with Crippen molar-refractivity contribution in [3.8, 4) is 12.3 Å². The van der Waals surface area contributed by atoms with Crippen LogP contribution in [0.4, 0.5) is 0 Å². The summed E-state index contributed by atoms with van der Waals surface area (Å²) in [4.78, 5) is 8.28. The number of aryl methyl sites for hydroxylation is 2. The Labute approximate surface area is 222 Å². The number of terminal acetylenes is 1. The molecule has 0 nitrogen and oxygen atoms in total. The lowest BCUT2D eigenvalue weighted by Gasteiger charge is -2.16. The second-order valence-corrected chi connectivity index (χ2v) is 16.6. The molecule has 0 amide bonds. The van der Waals surface area contributed by atoms with Crippen LogP contribution in [0.3, 0.4) is 0 Å². The Morgan fingerprint density at radius 3 is 1.12 bits per heavy atom. The molecule has 3 heteroatoms. The third-order valence-corrected chi connectivity index (χ3v) is 7.53. The van der Waals surface area contributed by atoms with Crippen LogP contribution in [0.25, 0.3) is 0 Å². The molecule has 0 aliphatic rings. The Bertz CT molecular complexity index is 962. The molecule has 0 spiro atoms. The normalized spacial score (nSPS) is 11.7. The first-order chi connectivity index (χ1) is 15.5. The van der Waals surface area contributed by atoms with E-state index in [4.69, 9.17) is 6.42 Å². The Balaban J connectivity index is 0.000000255. The standard InChI is InChI=1S/C11H14S.2C10H16S/c1-5-9-6-7-10(12-9)8-11(2,3)4;2*1-8-5-6-9(11-8)7-10(2,3)4/h1,6-7H,8H2,2-4H3;2*5-6H,7H2,1-4H3.